The molecule has 24 aliphatic carbocycles. The first kappa shape index (κ1) is 99.2. The Bertz CT molecular complexity index is 4630. The zero-order chi connectivity index (χ0) is 99.6. The van der Waals surface area contributed by atoms with Crippen molar-refractivity contribution in [3.05, 3.63) is 72.8 Å². The molecular weight excluding hydrogens is 1830 g/mol. The van der Waals surface area contributed by atoms with E-state index < -0.39 is 69.4 Å². The van der Waals surface area contributed by atoms with Crippen molar-refractivity contribution in [1.29, 1.82) is 0 Å². The van der Waals surface area contributed by atoms with E-state index in [1.807, 2.05) is 0 Å². The van der Waals surface area contributed by atoms with Crippen molar-refractivity contribution < 1.29 is 114 Å². The number of carbonyl (C=O) groups is 12. The molecule has 0 amide bonds. The van der Waals surface area contributed by atoms with Crippen LogP contribution in [0.15, 0.2) is 72.8 Å². The van der Waals surface area contributed by atoms with Gasteiger partial charge in [-0.15, -0.1) is 0 Å². The summed E-state index contributed by atoms with van der Waals surface area (Å²) in [5.41, 5.74) is -1.47. The molecule has 0 unspecified atom stereocenters. The fourth-order valence-electron chi connectivity index (χ4n) is 34.6. The van der Waals surface area contributed by atoms with Crippen LogP contribution < -0.4 is 28.4 Å². The summed E-state index contributed by atoms with van der Waals surface area (Å²) in [6, 6.07) is 19.1. The molecule has 24 saturated carbocycles. The first-order valence-corrected chi connectivity index (χ1v) is 56.2. The average Bonchev–Trinajstić information content (AvgIpc) is 0.750. The molecule has 0 N–H and O–H groups in total. The lowest BCUT2D eigenvalue weighted by molar-refractivity contribution is -0.204. The molecule has 24 aliphatic rings. The number of benzene rings is 4. The Kier molecular flexibility index (Phi) is 27.5. The van der Waals surface area contributed by atoms with Gasteiger partial charge in [0.1, 0.15) is 68.1 Å². The lowest BCUT2D eigenvalue weighted by Gasteiger charge is -2.59. The quantitative estimate of drug-likeness (QED) is 0.0228. The van der Waals surface area contributed by atoms with E-state index in [-0.39, 0.29) is 186 Å². The topological polar surface area (TPSA) is 316 Å². The standard InChI is InChI=1S/C120H150O24/c1-115(85-31-67-25-68(33-85)34-86(115)32-67)139-109(127)19-7-13-103(121)133-97-58-82(59-98(64-97)134-104(122)14-8-20-110(128)140-116(2)87-35-69-26-70(37-87)38-88(116)36-69)79-55-80(83-60-99(135-105(123)15-9-21-111(129)141-117(3)89-39-71-27-72(41-89)42-90(117)40-71)65-100(61-83)136-106(124)16-10-22-112(130)142-118(4)91-43-73-28-74(45-91)46-92(118)44-73)57-81(56-79)84-62-101(137-107(125)17-11-23-113(131)143-119(5)93-47-75-29-76(49-93)50-94(119)48-75)66-102(63-84)138-108(126)18-12-24-114(132)144-120(6)95-51-77-30-78(53-95)54-96(120)52-77/h55-78,85-96H,7-54H2,1-6H3. The molecule has 24 heteroatoms. The molecule has 4 aromatic carbocycles. The molecule has 24 fully saturated rings. The lowest BCUT2D eigenvalue weighted by atomic mass is 9.50. The summed E-state index contributed by atoms with van der Waals surface area (Å²) in [6.07, 6.45) is 31.9. The summed E-state index contributed by atoms with van der Waals surface area (Å²) in [5, 5.41) is 0. The maximum atomic E-state index is 14.5. The molecule has 4 aromatic rings. The summed E-state index contributed by atoms with van der Waals surface area (Å²) in [7, 11) is 0. The summed E-state index contributed by atoms with van der Waals surface area (Å²) < 4.78 is 76.1. The largest absolute Gasteiger partial charge is 0.459 e. The van der Waals surface area contributed by atoms with Gasteiger partial charge in [-0.2, -0.15) is 0 Å². The summed E-state index contributed by atoms with van der Waals surface area (Å²) >= 11 is 0. The van der Waals surface area contributed by atoms with Crippen LogP contribution in [0.3, 0.4) is 0 Å². The van der Waals surface area contributed by atoms with E-state index in [9.17, 15) is 57.5 Å². The first-order valence-electron chi connectivity index (χ1n) is 56.2. The van der Waals surface area contributed by atoms with Crippen molar-refractivity contribution in [3.8, 4) is 67.9 Å². The van der Waals surface area contributed by atoms with Crippen molar-refractivity contribution in [1.82, 2.24) is 0 Å². The zero-order valence-electron chi connectivity index (χ0n) is 85.5. The fraction of sp³-hybridized carbons (Fsp3) is 0.700. The van der Waals surface area contributed by atoms with Crippen molar-refractivity contribution in [2.24, 2.45) is 142 Å². The van der Waals surface area contributed by atoms with E-state index >= 15 is 0 Å². The molecule has 0 saturated heterocycles. The minimum absolute atomic E-state index is 0.0321. The highest BCUT2D eigenvalue weighted by Gasteiger charge is 2.64. The van der Waals surface area contributed by atoms with Crippen molar-refractivity contribution in [3.63, 3.8) is 0 Å². The second-order valence-electron chi connectivity index (χ2n) is 50.6. The number of hydrogen-bond donors (Lipinski definition) is 0. The highest BCUT2D eigenvalue weighted by molar-refractivity contribution is 5.87. The zero-order valence-corrected chi connectivity index (χ0v) is 85.5. The molecule has 24 nitrogen and oxygen atoms in total. The van der Waals surface area contributed by atoms with E-state index in [2.05, 4.69) is 41.5 Å². The molecule has 0 aliphatic heterocycles. The second-order valence-corrected chi connectivity index (χ2v) is 50.6. The molecular formula is C120H150O24. The smallest absolute Gasteiger partial charge is 0.311 e. The van der Waals surface area contributed by atoms with Gasteiger partial charge in [-0.1, -0.05) is 0 Å². The number of esters is 12. The van der Waals surface area contributed by atoms with Crippen LogP contribution in [0.1, 0.15) is 350 Å². The van der Waals surface area contributed by atoms with Gasteiger partial charge < -0.3 is 56.8 Å². The van der Waals surface area contributed by atoms with E-state index in [0.29, 0.717) is 175 Å². The normalized spacial score (nSPS) is 37.1. The molecule has 28 rings (SSSR count). The van der Waals surface area contributed by atoms with Crippen LogP contribution in [0.5, 0.6) is 34.5 Å². The summed E-state index contributed by atoms with van der Waals surface area (Å²) in [4.78, 5) is 171. The van der Waals surface area contributed by atoms with E-state index in [0.717, 1.165) is 154 Å². The minimum Gasteiger partial charge on any atom is -0.459 e. The molecule has 774 valence electrons. The minimum atomic E-state index is -0.696. The van der Waals surface area contributed by atoms with Crippen LogP contribution >= 0.6 is 0 Å². The van der Waals surface area contributed by atoms with Crippen LogP contribution in [-0.4, -0.2) is 105 Å². The van der Waals surface area contributed by atoms with Gasteiger partial charge in [-0.05, 0) is 503 Å². The summed E-state index contributed by atoms with van der Waals surface area (Å²) in [6.45, 7) is 12.5. The van der Waals surface area contributed by atoms with Crippen LogP contribution in [0.25, 0.3) is 33.4 Å². The van der Waals surface area contributed by atoms with Gasteiger partial charge in [0.05, 0.1) is 0 Å². The van der Waals surface area contributed by atoms with Gasteiger partial charge >= 0.3 is 71.6 Å². The number of rotatable bonds is 39. The van der Waals surface area contributed by atoms with E-state index in [1.54, 1.807) is 54.6 Å². The number of hydrogen-bond acceptors (Lipinski definition) is 24. The van der Waals surface area contributed by atoms with Crippen LogP contribution in [0.2, 0.25) is 0 Å². The fourth-order valence-corrected chi connectivity index (χ4v) is 34.6. The van der Waals surface area contributed by atoms with Crippen molar-refractivity contribution in [2.45, 2.75) is 383 Å². The molecule has 24 bridgehead atoms. The second kappa shape index (κ2) is 39.9. The van der Waals surface area contributed by atoms with E-state index in [4.69, 9.17) is 56.8 Å². The van der Waals surface area contributed by atoms with Crippen LogP contribution in [0.4, 0.5) is 0 Å². The Labute approximate surface area is 847 Å². The molecule has 0 radical (unpaired) electrons. The molecule has 0 atom stereocenters. The van der Waals surface area contributed by atoms with Gasteiger partial charge in [-0.25, -0.2) is 0 Å². The SMILES string of the molecule is CC1(OC(=O)CCCC(=O)Oc2cc(OC(=O)CCCC(=O)OC3(C)C4CC5CC(C4)CC3C5)cc(-c3cc(-c4cc(OC(=O)CCCC(=O)OC5(C)C6CC7CC(C6)CC5C7)cc(OC(=O)CCCC(=O)OC5(C)C6CC7CC(C6)CC5C7)c4)cc(-c4cc(OC(=O)CCCC(=O)OC5(C)C6CC7CC(C6)CC5C7)cc(OC(=O)CCCC(=O)OC5(C)C6CC7CC(C6)CC5C7)c4)c3)c2)C2CC3CC(C2)CC1C3. The Balaban J connectivity index is 0.578. The maximum Gasteiger partial charge on any atom is 0.311 e. The molecule has 144 heavy (non-hydrogen) atoms. The lowest BCUT2D eigenvalue weighted by Crippen LogP contribution is -2.57. The Morgan fingerprint density at radius 2 is 0.278 bits per heavy atom. The maximum absolute atomic E-state index is 14.5. The molecule has 0 spiro atoms. The highest BCUT2D eigenvalue weighted by Crippen LogP contribution is 2.67. The monoisotopic (exact) mass is 1980 g/mol. The predicted molar refractivity (Wildman–Crippen MR) is 529 cm³/mol. The Hall–Kier alpha value is -9.48. The summed E-state index contributed by atoms with van der Waals surface area (Å²) in [5.74, 6) is 4.73. The van der Waals surface area contributed by atoms with Gasteiger partial charge in [0.25, 0.3) is 0 Å². The Morgan fingerprint density at radius 1 is 0.167 bits per heavy atom. The van der Waals surface area contributed by atoms with Crippen molar-refractivity contribution in [2.75, 3.05) is 0 Å². The van der Waals surface area contributed by atoms with Gasteiger partial charge in [0, 0.05) is 95.2 Å². The first-order chi connectivity index (χ1) is 69.1. The van der Waals surface area contributed by atoms with Gasteiger partial charge in [0.15, 0.2) is 0 Å². The molecule has 0 aromatic heterocycles. The third-order valence-electron chi connectivity index (χ3n) is 41.1. The average molecular weight is 1980 g/mol. The highest BCUT2D eigenvalue weighted by atomic mass is 16.6. The third kappa shape index (κ3) is 20.7. The van der Waals surface area contributed by atoms with Gasteiger partial charge in [-0.3, -0.25) is 57.5 Å². The van der Waals surface area contributed by atoms with Crippen LogP contribution in [0, 0.1) is 142 Å². The number of carbonyl (C=O) groups excluding carboxylic acids is 12. The third-order valence-corrected chi connectivity index (χ3v) is 41.1. The number of ether oxygens (including phenoxy) is 12. The van der Waals surface area contributed by atoms with Gasteiger partial charge in [0.2, 0.25) is 0 Å². The van der Waals surface area contributed by atoms with Crippen LogP contribution in [-0.2, 0) is 86.0 Å². The predicted octanol–water partition coefficient (Wildman–Crippen LogP) is 23.7. The van der Waals surface area contributed by atoms with E-state index in [1.165, 1.54) is 56.7 Å². The molecule has 0 heterocycles. The Morgan fingerprint density at radius 3 is 0.403 bits per heavy atom. The van der Waals surface area contributed by atoms with Crippen molar-refractivity contribution >= 4 is 71.6 Å².